The van der Waals surface area contributed by atoms with Crippen molar-refractivity contribution in [1.29, 1.82) is 0 Å². The predicted octanol–water partition coefficient (Wildman–Crippen LogP) is 2.66. The number of hydrogen-bond acceptors (Lipinski definition) is 3. The van der Waals surface area contributed by atoms with Crippen LogP contribution >= 0.6 is 0 Å². The van der Waals surface area contributed by atoms with Crippen molar-refractivity contribution in [2.24, 2.45) is 5.92 Å². The third-order valence-corrected chi connectivity index (χ3v) is 4.98. The maximum absolute atomic E-state index is 5.71. The number of nitrogens with one attached hydrogen (secondary N) is 1. The zero-order valence-corrected chi connectivity index (χ0v) is 12.9. The van der Waals surface area contributed by atoms with Crippen molar-refractivity contribution in [1.82, 2.24) is 10.2 Å². The van der Waals surface area contributed by atoms with Crippen LogP contribution in [-0.2, 0) is 4.74 Å². The van der Waals surface area contributed by atoms with Crippen molar-refractivity contribution in [3.8, 4) is 0 Å². The van der Waals surface area contributed by atoms with E-state index in [4.69, 9.17) is 4.74 Å². The van der Waals surface area contributed by atoms with Crippen molar-refractivity contribution in [2.45, 2.75) is 56.9 Å². The van der Waals surface area contributed by atoms with E-state index in [1.54, 1.807) is 0 Å². The van der Waals surface area contributed by atoms with Gasteiger partial charge in [-0.25, -0.2) is 0 Å². The molecule has 112 valence electrons. The Hall–Kier alpha value is -0.120. The monoisotopic (exact) mass is 268 g/mol. The third kappa shape index (κ3) is 5.41. The molecule has 2 aliphatic rings. The highest BCUT2D eigenvalue weighted by molar-refractivity contribution is 4.90. The Bertz CT molecular complexity index is 247. The van der Waals surface area contributed by atoms with Crippen molar-refractivity contribution < 1.29 is 4.74 Å². The first-order valence-electron chi connectivity index (χ1n) is 8.19. The molecule has 2 aliphatic carbocycles. The number of ether oxygens (including phenoxy) is 1. The zero-order valence-electron chi connectivity index (χ0n) is 12.9. The van der Waals surface area contributed by atoms with Gasteiger partial charge in [0, 0.05) is 18.7 Å². The molecule has 0 bridgehead atoms. The van der Waals surface area contributed by atoms with Crippen LogP contribution in [0.4, 0.5) is 0 Å². The van der Waals surface area contributed by atoms with Crippen molar-refractivity contribution in [3.63, 3.8) is 0 Å². The smallest absolute Gasteiger partial charge is 0.0593 e. The van der Waals surface area contributed by atoms with Crippen molar-refractivity contribution in [3.05, 3.63) is 0 Å². The third-order valence-electron chi connectivity index (χ3n) is 4.98. The van der Waals surface area contributed by atoms with Gasteiger partial charge < -0.3 is 15.0 Å². The van der Waals surface area contributed by atoms with Crippen LogP contribution in [0.2, 0.25) is 0 Å². The lowest BCUT2D eigenvalue weighted by atomic mass is 9.79. The van der Waals surface area contributed by atoms with Crippen LogP contribution in [-0.4, -0.2) is 50.8 Å². The van der Waals surface area contributed by atoms with E-state index in [1.165, 1.54) is 57.9 Å². The Labute approximate surface area is 119 Å². The minimum Gasteiger partial charge on any atom is -0.380 e. The average molecular weight is 268 g/mol. The first-order valence-corrected chi connectivity index (χ1v) is 8.19. The summed E-state index contributed by atoms with van der Waals surface area (Å²) in [4.78, 5) is 2.43. The van der Waals surface area contributed by atoms with Gasteiger partial charge in [-0.15, -0.1) is 0 Å². The maximum Gasteiger partial charge on any atom is 0.0593 e. The van der Waals surface area contributed by atoms with Gasteiger partial charge in [0.05, 0.1) is 6.61 Å². The molecule has 0 aromatic heterocycles. The Balaban J connectivity index is 1.56. The number of hydrogen-bond donors (Lipinski definition) is 1. The van der Waals surface area contributed by atoms with E-state index in [9.17, 15) is 0 Å². The van der Waals surface area contributed by atoms with E-state index < -0.39 is 0 Å². The molecule has 2 saturated carbocycles. The van der Waals surface area contributed by atoms with Crippen LogP contribution in [0, 0.1) is 5.92 Å². The Kier molecular flexibility index (Phi) is 6.11. The summed E-state index contributed by atoms with van der Waals surface area (Å²) in [6, 6.07) is 0. The average Bonchev–Trinajstić information content (AvgIpc) is 3.27. The highest BCUT2D eigenvalue weighted by atomic mass is 16.5. The van der Waals surface area contributed by atoms with Crippen LogP contribution in [0.1, 0.15) is 51.4 Å². The van der Waals surface area contributed by atoms with Crippen LogP contribution in [0.5, 0.6) is 0 Å². The molecule has 0 atom stereocenters. The lowest BCUT2D eigenvalue weighted by molar-refractivity contribution is 0.0983. The molecule has 3 heteroatoms. The van der Waals surface area contributed by atoms with E-state index in [2.05, 4.69) is 24.3 Å². The molecule has 2 rings (SSSR count). The van der Waals surface area contributed by atoms with E-state index in [1.807, 2.05) is 0 Å². The van der Waals surface area contributed by atoms with E-state index in [-0.39, 0.29) is 0 Å². The van der Waals surface area contributed by atoms with Crippen LogP contribution in [0.3, 0.4) is 0 Å². The summed E-state index contributed by atoms with van der Waals surface area (Å²) in [6.07, 6.45) is 11.0. The van der Waals surface area contributed by atoms with E-state index in [0.717, 1.165) is 25.7 Å². The van der Waals surface area contributed by atoms with Crippen molar-refractivity contribution >= 4 is 0 Å². The molecule has 0 aromatic carbocycles. The van der Waals surface area contributed by atoms with Gasteiger partial charge in [0.15, 0.2) is 0 Å². The summed E-state index contributed by atoms with van der Waals surface area (Å²) in [5.74, 6) is 0.889. The maximum atomic E-state index is 5.71. The molecule has 19 heavy (non-hydrogen) atoms. The first-order chi connectivity index (χ1) is 9.24. The van der Waals surface area contributed by atoms with Gasteiger partial charge in [0.25, 0.3) is 0 Å². The molecule has 0 aliphatic heterocycles. The second-order valence-electron chi connectivity index (χ2n) is 6.66. The topological polar surface area (TPSA) is 24.5 Å². The largest absolute Gasteiger partial charge is 0.380 e. The summed E-state index contributed by atoms with van der Waals surface area (Å²) in [5, 5.41) is 3.61. The fourth-order valence-corrected chi connectivity index (χ4v) is 3.13. The molecule has 0 unspecified atom stereocenters. The summed E-state index contributed by atoms with van der Waals surface area (Å²) >= 11 is 0. The standard InChI is InChI=1S/C16H32N2O/c1-17-16(8-4-3-5-9-16)10-11-18(2)12-13-19-14-15-6-7-15/h15,17H,3-14H2,1-2H3. The highest BCUT2D eigenvalue weighted by Crippen LogP contribution is 2.31. The second-order valence-corrected chi connectivity index (χ2v) is 6.66. The van der Waals surface area contributed by atoms with Gasteiger partial charge in [-0.3, -0.25) is 0 Å². The lowest BCUT2D eigenvalue weighted by Crippen LogP contribution is -2.46. The number of likely N-dealkylation sites (N-methyl/N-ethyl adjacent to an activating group) is 1. The Morgan fingerprint density at radius 2 is 1.89 bits per heavy atom. The van der Waals surface area contributed by atoms with E-state index in [0.29, 0.717) is 5.54 Å². The SMILES string of the molecule is CNC1(CCN(C)CCOCC2CC2)CCCCC1. The molecule has 0 aromatic rings. The lowest BCUT2D eigenvalue weighted by Gasteiger charge is -2.38. The zero-order chi connectivity index (χ0) is 13.6. The molecule has 0 saturated heterocycles. The van der Waals surface area contributed by atoms with Crippen LogP contribution in [0.15, 0.2) is 0 Å². The molecule has 0 heterocycles. The molecule has 0 radical (unpaired) electrons. The summed E-state index contributed by atoms with van der Waals surface area (Å²) in [6.45, 7) is 4.16. The fourth-order valence-electron chi connectivity index (χ4n) is 3.13. The molecule has 0 amide bonds. The van der Waals surface area contributed by atoms with Crippen LogP contribution in [0.25, 0.3) is 0 Å². The fraction of sp³-hybridized carbons (Fsp3) is 1.00. The summed E-state index contributed by atoms with van der Waals surface area (Å²) < 4.78 is 5.71. The Morgan fingerprint density at radius 3 is 2.53 bits per heavy atom. The molecule has 3 nitrogen and oxygen atoms in total. The van der Waals surface area contributed by atoms with E-state index >= 15 is 0 Å². The molecule has 0 spiro atoms. The first kappa shape index (κ1) is 15.3. The quantitative estimate of drug-likeness (QED) is 0.651. The minimum atomic E-state index is 0.418. The summed E-state index contributed by atoms with van der Waals surface area (Å²) in [7, 11) is 4.37. The number of nitrogens with zero attached hydrogens (tertiary/aromatic N) is 1. The van der Waals surface area contributed by atoms with Gasteiger partial charge in [0.1, 0.15) is 0 Å². The molecular weight excluding hydrogens is 236 g/mol. The minimum absolute atomic E-state index is 0.418. The van der Waals surface area contributed by atoms with Gasteiger partial charge >= 0.3 is 0 Å². The van der Waals surface area contributed by atoms with Gasteiger partial charge in [-0.05, 0) is 58.7 Å². The molecule has 2 fully saturated rings. The van der Waals surface area contributed by atoms with Gasteiger partial charge in [-0.1, -0.05) is 19.3 Å². The second kappa shape index (κ2) is 7.61. The van der Waals surface area contributed by atoms with Gasteiger partial charge in [0.2, 0.25) is 0 Å². The van der Waals surface area contributed by atoms with Crippen LogP contribution < -0.4 is 5.32 Å². The Morgan fingerprint density at radius 1 is 1.16 bits per heavy atom. The molecule has 1 N–H and O–H groups in total. The molecular formula is C16H32N2O. The van der Waals surface area contributed by atoms with Crippen molar-refractivity contribution in [2.75, 3.05) is 40.4 Å². The van der Waals surface area contributed by atoms with Gasteiger partial charge in [-0.2, -0.15) is 0 Å². The number of rotatable bonds is 9. The summed E-state index contributed by atoms with van der Waals surface area (Å²) in [5.41, 5.74) is 0.418. The predicted molar refractivity (Wildman–Crippen MR) is 80.5 cm³/mol. The highest BCUT2D eigenvalue weighted by Gasteiger charge is 2.29. The normalized spacial score (nSPS) is 22.9.